The number of esters is 1. The molecule has 1 aliphatic rings. The van der Waals surface area contributed by atoms with Gasteiger partial charge in [0, 0.05) is 36.4 Å². The van der Waals surface area contributed by atoms with Crippen LogP contribution in [0.4, 0.5) is 0 Å². The molecule has 0 spiro atoms. The molecule has 7 rings (SSSR count). The van der Waals surface area contributed by atoms with Gasteiger partial charge in [-0.15, -0.1) is 0 Å². The van der Waals surface area contributed by atoms with Crippen molar-refractivity contribution in [1.82, 2.24) is 10.0 Å². The van der Waals surface area contributed by atoms with Gasteiger partial charge in [-0.1, -0.05) is 98.1 Å². The summed E-state index contributed by atoms with van der Waals surface area (Å²) in [5, 5.41) is 6.58. The fraction of sp³-hybridized carbons (Fsp3) is 0.322. The lowest BCUT2D eigenvalue weighted by atomic mass is 9.88. The number of ether oxygens (including phenoxy) is 5. The van der Waals surface area contributed by atoms with Crippen LogP contribution in [0.25, 0.3) is 32.7 Å². The lowest BCUT2D eigenvalue weighted by Crippen LogP contribution is -2.46. The summed E-state index contributed by atoms with van der Waals surface area (Å²) in [5.41, 5.74) is 10.8. The number of methoxy groups -OCH3 is 1. The number of amides is 1. The Morgan fingerprint density at radius 2 is 1.42 bits per heavy atom. The van der Waals surface area contributed by atoms with E-state index in [0.29, 0.717) is 47.2 Å². The molecule has 1 amide bonds. The van der Waals surface area contributed by atoms with Crippen molar-refractivity contribution < 1.29 is 46.5 Å². The SMILES string of the molecule is C=CCOc1ccc(C[C@H](NC(=O)[C@@H](CCCN=C(N)NS(=O)(=O)c2c(C)c(C)c3c(c2C)CCC(C)(C)O3)CC(=O)COc2ccc3ccccc3c2-c2c(OCC=C)ccc3ccccc23)C(=O)OC)cc1. The molecule has 0 bridgehead atoms. The average Bonchev–Trinajstić information content (AvgIpc) is 3.38. The summed E-state index contributed by atoms with van der Waals surface area (Å²) in [4.78, 5) is 46.2. The second kappa shape index (κ2) is 23.9. The number of rotatable bonds is 23. The second-order valence-corrected chi connectivity index (χ2v) is 20.7. The number of nitrogens with one attached hydrogen (secondary N) is 2. The van der Waals surface area contributed by atoms with Crippen molar-refractivity contribution in [3.63, 3.8) is 0 Å². The average molecular weight is 1020 g/mol. The Labute approximate surface area is 434 Å². The van der Waals surface area contributed by atoms with E-state index < -0.39 is 33.9 Å². The first kappa shape index (κ1) is 54.1. The number of benzene rings is 6. The van der Waals surface area contributed by atoms with Crippen LogP contribution in [0.15, 0.2) is 132 Å². The fourth-order valence-electron chi connectivity index (χ4n) is 9.47. The van der Waals surface area contributed by atoms with E-state index in [1.54, 1.807) is 50.3 Å². The number of ketones is 1. The summed E-state index contributed by atoms with van der Waals surface area (Å²) < 4.78 is 60.0. The Hall–Kier alpha value is -7.65. The zero-order chi connectivity index (χ0) is 53.2. The van der Waals surface area contributed by atoms with Crippen molar-refractivity contribution in [3.05, 3.63) is 150 Å². The summed E-state index contributed by atoms with van der Waals surface area (Å²) in [5.74, 6) is -0.552. The highest BCUT2D eigenvalue weighted by molar-refractivity contribution is 7.90. The molecule has 6 aromatic carbocycles. The van der Waals surface area contributed by atoms with Crippen LogP contribution in [0.2, 0.25) is 0 Å². The van der Waals surface area contributed by atoms with Gasteiger partial charge in [-0.25, -0.2) is 17.9 Å². The summed E-state index contributed by atoms with van der Waals surface area (Å²) in [6.07, 6.45) is 4.86. The zero-order valence-corrected chi connectivity index (χ0v) is 43.9. The molecule has 1 heterocycles. The van der Waals surface area contributed by atoms with Gasteiger partial charge in [-0.2, -0.15) is 0 Å². The highest BCUT2D eigenvalue weighted by atomic mass is 32.2. The highest BCUT2D eigenvalue weighted by Gasteiger charge is 2.34. The van der Waals surface area contributed by atoms with Gasteiger partial charge in [-0.3, -0.25) is 14.6 Å². The standard InChI is InChI=1S/C59H66N4O10S/c1-9-32-70-45-25-21-40(22-26-45)34-49(57(66)69-8)62-56(65)43(18-15-31-61-58(60)63-74(67,68)55-38(4)37(3)54-46(39(55)5)29-30-59(6,7)73-54)35-44(64)36-72-51-28-24-42-17-12-14-20-48(42)53(51)52-47-19-13-11-16-41(47)23-27-50(52)71-33-10-2/h9-14,16-17,19-28,43,49H,1-2,15,18,29-36H2,3-8H3,(H,62,65)(H3,60,61,63)/t43-,49-/m0/s1. The van der Waals surface area contributed by atoms with Crippen LogP contribution < -0.4 is 34.7 Å². The van der Waals surface area contributed by atoms with Crippen molar-refractivity contribution in [2.75, 3.05) is 33.5 Å². The molecule has 0 radical (unpaired) electrons. The summed E-state index contributed by atoms with van der Waals surface area (Å²) in [6.45, 7) is 17.1. The quantitative estimate of drug-likeness (QED) is 0.0182. The Balaban J connectivity index is 1.12. The number of hydrogen-bond donors (Lipinski definition) is 3. The molecular formula is C59H66N4O10S. The Kier molecular flexibility index (Phi) is 17.5. The number of hydrogen-bond acceptors (Lipinski definition) is 11. The molecule has 4 N–H and O–H groups in total. The molecule has 2 atom stereocenters. The van der Waals surface area contributed by atoms with Crippen molar-refractivity contribution in [1.29, 1.82) is 0 Å². The Morgan fingerprint density at radius 1 is 0.811 bits per heavy atom. The van der Waals surface area contributed by atoms with Gasteiger partial charge in [0.1, 0.15) is 54.5 Å². The molecule has 0 saturated heterocycles. The minimum atomic E-state index is -4.18. The van der Waals surface area contributed by atoms with Gasteiger partial charge in [0.05, 0.1) is 12.0 Å². The third-order valence-corrected chi connectivity index (χ3v) is 14.9. The van der Waals surface area contributed by atoms with Gasteiger partial charge in [0.25, 0.3) is 10.0 Å². The van der Waals surface area contributed by atoms with E-state index >= 15 is 0 Å². The summed E-state index contributed by atoms with van der Waals surface area (Å²) in [7, 11) is -2.94. The van der Waals surface area contributed by atoms with E-state index in [-0.39, 0.29) is 67.7 Å². The predicted octanol–water partition coefficient (Wildman–Crippen LogP) is 9.75. The first-order chi connectivity index (χ1) is 35.4. The molecule has 1 aliphatic heterocycles. The number of carbonyl (C=O) groups excluding carboxylic acids is 3. The third-order valence-electron chi connectivity index (χ3n) is 13.3. The maximum atomic E-state index is 14.4. The Bertz CT molecular complexity index is 3220. The van der Waals surface area contributed by atoms with Crippen molar-refractivity contribution in [2.24, 2.45) is 16.6 Å². The van der Waals surface area contributed by atoms with Crippen LogP contribution in [0, 0.1) is 26.7 Å². The molecular weight excluding hydrogens is 957 g/mol. The number of guanidine groups is 1. The number of aliphatic imine (C=N–C) groups is 1. The Morgan fingerprint density at radius 3 is 2.04 bits per heavy atom. The maximum absolute atomic E-state index is 14.4. The van der Waals surface area contributed by atoms with Crippen LogP contribution in [-0.2, 0) is 42.0 Å². The minimum Gasteiger partial charge on any atom is -0.490 e. The molecule has 0 aliphatic carbocycles. The monoisotopic (exact) mass is 1020 g/mol. The van der Waals surface area contributed by atoms with E-state index in [9.17, 15) is 22.8 Å². The van der Waals surface area contributed by atoms with Gasteiger partial charge >= 0.3 is 5.97 Å². The molecule has 14 nitrogen and oxygen atoms in total. The first-order valence-electron chi connectivity index (χ1n) is 24.7. The molecule has 0 fully saturated rings. The van der Waals surface area contributed by atoms with E-state index in [0.717, 1.165) is 55.8 Å². The van der Waals surface area contributed by atoms with Crippen molar-refractivity contribution in [3.8, 4) is 34.1 Å². The van der Waals surface area contributed by atoms with E-state index in [2.05, 4.69) is 28.2 Å². The number of nitrogens with zero attached hydrogens (tertiary/aromatic N) is 1. The lowest BCUT2D eigenvalue weighted by molar-refractivity contribution is -0.145. The van der Waals surface area contributed by atoms with Gasteiger partial charge < -0.3 is 34.7 Å². The zero-order valence-electron chi connectivity index (χ0n) is 43.0. The molecule has 15 heteroatoms. The smallest absolute Gasteiger partial charge is 0.328 e. The summed E-state index contributed by atoms with van der Waals surface area (Å²) in [6, 6.07) is 29.5. The maximum Gasteiger partial charge on any atom is 0.328 e. The molecule has 0 unspecified atom stereocenters. The molecule has 0 saturated carbocycles. The molecule has 74 heavy (non-hydrogen) atoms. The van der Waals surface area contributed by atoms with Crippen LogP contribution in [-0.4, -0.2) is 77.2 Å². The van der Waals surface area contributed by atoms with E-state index in [4.69, 9.17) is 29.4 Å². The van der Waals surface area contributed by atoms with Crippen molar-refractivity contribution in [2.45, 2.75) is 89.7 Å². The van der Waals surface area contributed by atoms with Gasteiger partial charge in [-0.05, 0) is 134 Å². The van der Waals surface area contributed by atoms with Crippen LogP contribution in [0.3, 0.4) is 0 Å². The number of sulfonamides is 1. The predicted molar refractivity (Wildman–Crippen MR) is 291 cm³/mol. The topological polar surface area (TPSA) is 194 Å². The number of nitrogens with two attached hydrogens (primary N) is 1. The van der Waals surface area contributed by atoms with E-state index in [1.165, 1.54) is 7.11 Å². The van der Waals surface area contributed by atoms with Crippen LogP contribution in [0.5, 0.6) is 23.0 Å². The van der Waals surface area contributed by atoms with Gasteiger partial charge in [0.15, 0.2) is 5.78 Å². The normalized spacial score (nSPS) is 13.9. The van der Waals surface area contributed by atoms with Crippen LogP contribution >= 0.6 is 0 Å². The summed E-state index contributed by atoms with van der Waals surface area (Å²) >= 11 is 0. The number of Topliss-reactive ketones (excluding diaryl/α,β-unsaturated/α-hetero) is 1. The number of carbonyl (C=O) groups is 3. The third kappa shape index (κ3) is 12.7. The molecule has 0 aromatic heterocycles. The first-order valence-corrected chi connectivity index (χ1v) is 26.2. The second-order valence-electron chi connectivity index (χ2n) is 19.1. The van der Waals surface area contributed by atoms with Crippen LogP contribution in [0.1, 0.15) is 67.3 Å². The van der Waals surface area contributed by atoms with E-state index in [1.807, 2.05) is 93.6 Å². The molecule has 6 aromatic rings. The van der Waals surface area contributed by atoms with Crippen molar-refractivity contribution >= 4 is 55.2 Å². The number of fused-ring (bicyclic) bond motifs is 3. The minimum absolute atomic E-state index is 0.00930. The lowest BCUT2D eigenvalue weighted by Gasteiger charge is -2.35. The van der Waals surface area contributed by atoms with Gasteiger partial charge in [0.2, 0.25) is 11.9 Å². The molecule has 388 valence electrons. The fourth-order valence-corrected chi connectivity index (χ4v) is 11.0. The largest absolute Gasteiger partial charge is 0.490 e. The highest BCUT2D eigenvalue weighted by Crippen LogP contribution is 2.46.